The molecule has 21 heavy (non-hydrogen) atoms. The lowest BCUT2D eigenvalue weighted by Gasteiger charge is -2.12. The molecule has 9 heteroatoms. The molecule has 5 nitrogen and oxygen atoms in total. The fourth-order valence-corrected chi connectivity index (χ4v) is 2.76. The van der Waals surface area contributed by atoms with E-state index >= 15 is 0 Å². The molecule has 1 rings (SSSR count). The summed E-state index contributed by atoms with van der Waals surface area (Å²) in [5.41, 5.74) is 6.42. The first kappa shape index (κ1) is 17.3. The Hall–Kier alpha value is -1.77. The molecule has 0 aromatic heterocycles. The summed E-state index contributed by atoms with van der Waals surface area (Å²) in [5, 5.41) is 7.29. The number of rotatable bonds is 6. The van der Waals surface area contributed by atoms with E-state index in [9.17, 15) is 21.6 Å². The van der Waals surface area contributed by atoms with Crippen LogP contribution in [0.3, 0.4) is 0 Å². The van der Waals surface area contributed by atoms with Gasteiger partial charge < -0.3 is 5.73 Å². The largest absolute Gasteiger partial charge is 0.389 e. The molecule has 0 aliphatic carbocycles. The van der Waals surface area contributed by atoms with Crippen LogP contribution < -0.4 is 10.5 Å². The number of hydrogen-bond donors (Lipinski definition) is 3. The van der Waals surface area contributed by atoms with Gasteiger partial charge in [-0.05, 0) is 25.0 Å². The minimum Gasteiger partial charge on any atom is -0.384 e. The summed E-state index contributed by atoms with van der Waals surface area (Å²) in [5.74, 6) is -0.858. The van der Waals surface area contributed by atoms with Gasteiger partial charge >= 0.3 is 6.18 Å². The van der Waals surface area contributed by atoms with Crippen LogP contribution >= 0.6 is 0 Å². The number of aryl methyl sites for hydroxylation is 1. The maximum Gasteiger partial charge on any atom is 0.389 e. The van der Waals surface area contributed by atoms with Gasteiger partial charge in [-0.3, -0.25) is 10.1 Å². The van der Waals surface area contributed by atoms with Crippen molar-refractivity contribution in [2.24, 2.45) is 5.73 Å². The van der Waals surface area contributed by atoms with Crippen molar-refractivity contribution in [2.75, 3.05) is 10.5 Å². The molecular formula is C12H16F3N3O2S. The fraction of sp³-hybridized carbons (Fsp3) is 0.417. The van der Waals surface area contributed by atoms with E-state index in [0.717, 1.165) is 0 Å². The zero-order valence-electron chi connectivity index (χ0n) is 11.3. The number of amidine groups is 1. The molecule has 0 amide bonds. The molecule has 118 valence electrons. The molecule has 0 aliphatic rings. The van der Waals surface area contributed by atoms with Crippen LogP contribution in [0.2, 0.25) is 0 Å². The van der Waals surface area contributed by atoms with Gasteiger partial charge in [0.1, 0.15) is 5.84 Å². The molecule has 0 radical (unpaired) electrons. The van der Waals surface area contributed by atoms with Crippen molar-refractivity contribution in [3.8, 4) is 0 Å². The maximum atomic E-state index is 12.0. The summed E-state index contributed by atoms with van der Waals surface area (Å²) in [4.78, 5) is 0. The average Bonchev–Trinajstić information content (AvgIpc) is 2.29. The SMILES string of the molecule is Cc1ccc(C(=N)N)cc1NS(=O)(=O)CCCC(F)(F)F. The molecule has 0 spiro atoms. The van der Waals surface area contributed by atoms with Gasteiger partial charge in [0.2, 0.25) is 10.0 Å². The molecular weight excluding hydrogens is 307 g/mol. The fourth-order valence-electron chi connectivity index (χ4n) is 1.58. The van der Waals surface area contributed by atoms with Crippen molar-refractivity contribution >= 4 is 21.5 Å². The molecule has 0 fully saturated rings. The van der Waals surface area contributed by atoms with Gasteiger partial charge in [0, 0.05) is 12.0 Å². The highest BCUT2D eigenvalue weighted by Gasteiger charge is 2.27. The third-order valence-electron chi connectivity index (χ3n) is 2.69. The smallest absolute Gasteiger partial charge is 0.384 e. The number of nitrogens with one attached hydrogen (secondary N) is 2. The maximum absolute atomic E-state index is 12.0. The number of anilines is 1. The van der Waals surface area contributed by atoms with E-state index in [2.05, 4.69) is 4.72 Å². The minimum absolute atomic E-state index is 0.203. The van der Waals surface area contributed by atoms with Crippen molar-refractivity contribution in [1.82, 2.24) is 0 Å². The van der Waals surface area contributed by atoms with E-state index in [1.54, 1.807) is 19.1 Å². The van der Waals surface area contributed by atoms with Crippen LogP contribution in [0, 0.1) is 12.3 Å². The Bertz CT molecular complexity index is 627. The summed E-state index contributed by atoms with van der Waals surface area (Å²) in [6, 6.07) is 4.50. The second-order valence-electron chi connectivity index (χ2n) is 4.58. The van der Waals surface area contributed by atoms with Crippen LogP contribution in [-0.4, -0.2) is 26.2 Å². The number of benzene rings is 1. The minimum atomic E-state index is -4.38. The number of hydrogen-bond acceptors (Lipinski definition) is 3. The predicted octanol–water partition coefficient (Wildman–Crippen LogP) is 2.36. The molecule has 1 aromatic carbocycles. The molecule has 1 aromatic rings. The molecule has 0 saturated heterocycles. The lowest BCUT2D eigenvalue weighted by molar-refractivity contribution is -0.134. The molecule has 0 unspecified atom stereocenters. The first-order chi connectivity index (χ1) is 9.50. The molecule has 0 saturated carbocycles. The van der Waals surface area contributed by atoms with E-state index in [1.165, 1.54) is 6.07 Å². The number of alkyl halides is 3. The average molecular weight is 323 g/mol. The summed E-state index contributed by atoms with van der Waals surface area (Å²) in [7, 11) is -3.88. The molecule has 0 atom stereocenters. The zero-order chi connectivity index (χ0) is 16.3. The Morgan fingerprint density at radius 3 is 2.52 bits per heavy atom. The van der Waals surface area contributed by atoms with E-state index < -0.39 is 34.8 Å². The summed E-state index contributed by atoms with van der Waals surface area (Å²) in [6.07, 6.45) is -6.04. The Morgan fingerprint density at radius 2 is 2.00 bits per heavy atom. The lowest BCUT2D eigenvalue weighted by atomic mass is 10.1. The zero-order valence-corrected chi connectivity index (χ0v) is 12.1. The predicted molar refractivity (Wildman–Crippen MR) is 74.9 cm³/mol. The normalized spacial score (nSPS) is 12.2. The van der Waals surface area contributed by atoms with E-state index in [1.807, 2.05) is 0 Å². The van der Waals surface area contributed by atoms with Crippen molar-refractivity contribution in [1.29, 1.82) is 5.41 Å². The summed E-state index contributed by atoms with van der Waals surface area (Å²) >= 11 is 0. The van der Waals surface area contributed by atoms with Gasteiger partial charge in [-0.2, -0.15) is 13.2 Å². The van der Waals surface area contributed by atoms with Crippen LogP contribution in [0.15, 0.2) is 18.2 Å². The first-order valence-electron chi connectivity index (χ1n) is 6.02. The molecule has 0 bridgehead atoms. The first-order valence-corrected chi connectivity index (χ1v) is 7.68. The standard InChI is InChI=1S/C12H16F3N3O2S/c1-8-3-4-9(11(16)17)7-10(8)18-21(19,20)6-2-5-12(13,14)15/h3-4,7,18H,2,5-6H2,1H3,(H3,16,17). The van der Waals surface area contributed by atoms with Gasteiger partial charge in [0.15, 0.2) is 0 Å². The summed E-state index contributed by atoms with van der Waals surface area (Å²) < 4.78 is 61.8. The van der Waals surface area contributed by atoms with E-state index in [0.29, 0.717) is 11.1 Å². The number of nitrogen functional groups attached to an aromatic ring is 1. The van der Waals surface area contributed by atoms with Gasteiger partial charge in [-0.1, -0.05) is 12.1 Å². The Kier molecular flexibility index (Phi) is 5.21. The topological polar surface area (TPSA) is 96.0 Å². The number of halogens is 3. The van der Waals surface area contributed by atoms with Crippen LogP contribution in [-0.2, 0) is 10.0 Å². The lowest BCUT2D eigenvalue weighted by Crippen LogP contribution is -2.20. The van der Waals surface area contributed by atoms with Crippen LogP contribution in [0.25, 0.3) is 0 Å². The van der Waals surface area contributed by atoms with Crippen molar-refractivity contribution in [3.05, 3.63) is 29.3 Å². The monoisotopic (exact) mass is 323 g/mol. The van der Waals surface area contributed by atoms with Gasteiger partial charge in [0.25, 0.3) is 0 Å². The molecule has 4 N–H and O–H groups in total. The van der Waals surface area contributed by atoms with Gasteiger partial charge in [0.05, 0.1) is 11.4 Å². The number of sulfonamides is 1. The van der Waals surface area contributed by atoms with Crippen LogP contribution in [0.4, 0.5) is 18.9 Å². The van der Waals surface area contributed by atoms with Crippen molar-refractivity contribution < 1.29 is 21.6 Å². The summed E-state index contributed by atoms with van der Waals surface area (Å²) in [6.45, 7) is 1.64. The molecule has 0 aliphatic heterocycles. The van der Waals surface area contributed by atoms with Crippen LogP contribution in [0.1, 0.15) is 24.0 Å². The third kappa shape index (κ3) is 6.03. The Balaban J connectivity index is 2.79. The van der Waals surface area contributed by atoms with E-state index in [4.69, 9.17) is 11.1 Å². The second-order valence-corrected chi connectivity index (χ2v) is 6.42. The van der Waals surface area contributed by atoms with Crippen LogP contribution in [0.5, 0.6) is 0 Å². The van der Waals surface area contributed by atoms with Crippen molar-refractivity contribution in [2.45, 2.75) is 25.9 Å². The second kappa shape index (κ2) is 6.33. The quantitative estimate of drug-likeness (QED) is 0.554. The Labute approximate surface area is 120 Å². The molecule has 0 heterocycles. The Morgan fingerprint density at radius 1 is 1.38 bits per heavy atom. The number of nitrogens with two attached hydrogens (primary N) is 1. The van der Waals surface area contributed by atoms with Gasteiger partial charge in [-0.15, -0.1) is 0 Å². The third-order valence-corrected chi connectivity index (χ3v) is 4.04. The highest BCUT2D eigenvalue weighted by Crippen LogP contribution is 2.23. The highest BCUT2D eigenvalue weighted by atomic mass is 32.2. The van der Waals surface area contributed by atoms with Gasteiger partial charge in [-0.25, -0.2) is 8.42 Å². The highest BCUT2D eigenvalue weighted by molar-refractivity contribution is 7.92. The van der Waals surface area contributed by atoms with E-state index in [-0.39, 0.29) is 11.5 Å². The van der Waals surface area contributed by atoms with Crippen molar-refractivity contribution in [3.63, 3.8) is 0 Å².